The zero-order valence-corrected chi connectivity index (χ0v) is 26.3. The molecule has 1 heterocycles. The molecule has 0 aromatic heterocycles. The zero-order valence-electron chi connectivity index (χ0n) is 26.3. The average Bonchev–Trinajstić information content (AvgIpc) is 2.95. The molecule has 0 unspecified atom stereocenters. The van der Waals surface area contributed by atoms with Gasteiger partial charge in [-0.15, -0.1) is 0 Å². The third-order valence-corrected chi connectivity index (χ3v) is 8.36. The molecule has 0 fully saturated rings. The molecule has 0 amide bonds. The van der Waals surface area contributed by atoms with Gasteiger partial charge in [0.05, 0.1) is 5.56 Å². The van der Waals surface area contributed by atoms with Crippen molar-refractivity contribution in [3.8, 4) is 28.4 Å². The number of benzene rings is 4. The molecule has 4 aromatic rings. The van der Waals surface area contributed by atoms with Crippen LogP contribution in [0.2, 0.25) is 0 Å². The molecule has 222 valence electrons. The second-order valence-corrected chi connectivity index (χ2v) is 14.0. The summed E-state index contributed by atoms with van der Waals surface area (Å²) < 4.78 is 12.6. The van der Waals surface area contributed by atoms with Crippen molar-refractivity contribution in [2.75, 3.05) is 0 Å². The quantitative estimate of drug-likeness (QED) is 0.189. The molecule has 0 bridgehead atoms. The number of aldehydes is 1. The summed E-state index contributed by atoms with van der Waals surface area (Å²) in [6, 6.07) is 22.9. The van der Waals surface area contributed by atoms with Gasteiger partial charge in [0, 0.05) is 22.1 Å². The maximum absolute atomic E-state index is 13.8. The van der Waals surface area contributed by atoms with Gasteiger partial charge in [-0.2, -0.15) is 0 Å². The number of phenolic OH excluding ortho intramolecular Hbond substituents is 1. The van der Waals surface area contributed by atoms with Crippen LogP contribution < -0.4 is 4.74 Å². The van der Waals surface area contributed by atoms with Gasteiger partial charge in [0.25, 0.3) is 0 Å². The van der Waals surface area contributed by atoms with E-state index in [1.54, 1.807) is 12.1 Å². The Morgan fingerprint density at radius 3 is 2.05 bits per heavy atom. The largest absolute Gasteiger partial charge is 0.507 e. The summed E-state index contributed by atoms with van der Waals surface area (Å²) in [5.74, 6) is 0.562. The molecular weight excluding hydrogens is 536 g/mol. The first-order chi connectivity index (χ1) is 20.1. The lowest BCUT2D eigenvalue weighted by Gasteiger charge is -2.39. The zero-order chi connectivity index (χ0) is 31.3. The highest BCUT2D eigenvalue weighted by atomic mass is 16.5. The van der Waals surface area contributed by atoms with Crippen LogP contribution in [0.15, 0.2) is 72.8 Å². The maximum Gasteiger partial charge on any atom is 0.342 e. The molecule has 5 heteroatoms. The maximum atomic E-state index is 13.8. The highest BCUT2D eigenvalue weighted by Crippen LogP contribution is 2.54. The van der Waals surface area contributed by atoms with Crippen molar-refractivity contribution in [1.29, 1.82) is 0 Å². The van der Waals surface area contributed by atoms with Gasteiger partial charge >= 0.3 is 5.97 Å². The number of aromatic hydroxyl groups is 1. The fourth-order valence-electron chi connectivity index (χ4n) is 5.50. The van der Waals surface area contributed by atoms with E-state index in [1.807, 2.05) is 36.4 Å². The minimum absolute atomic E-state index is 0.0793. The average molecular weight is 577 g/mol. The lowest BCUT2D eigenvalue weighted by Crippen LogP contribution is -2.28. The Balaban J connectivity index is 1.74. The van der Waals surface area contributed by atoms with Crippen LogP contribution in [-0.4, -0.2) is 17.4 Å². The molecule has 1 N–H and O–H groups in total. The van der Waals surface area contributed by atoms with Crippen LogP contribution in [0.1, 0.15) is 104 Å². The van der Waals surface area contributed by atoms with Gasteiger partial charge in [0.15, 0.2) is 6.29 Å². The standard InChI is InChI=1S/C38H40O5/c1-36(2,3)26-17-28(24-14-15-32(40)25(16-24)21-39)33-30(19-26)38(7,8)31-20-27(37(4,5)6)18-29(34(31)43-33)35(41)42-22-23-12-10-9-11-13-23/h9-21,40H,22H2,1-8H3. The third kappa shape index (κ3) is 5.69. The van der Waals surface area contributed by atoms with Crippen LogP contribution in [0.5, 0.6) is 17.2 Å². The number of hydrogen-bond acceptors (Lipinski definition) is 5. The van der Waals surface area contributed by atoms with Crippen molar-refractivity contribution in [3.05, 3.63) is 112 Å². The van der Waals surface area contributed by atoms with Crippen LogP contribution in [-0.2, 0) is 27.6 Å². The van der Waals surface area contributed by atoms with Gasteiger partial charge in [-0.3, -0.25) is 4.79 Å². The van der Waals surface area contributed by atoms with E-state index in [0.29, 0.717) is 23.3 Å². The molecule has 0 saturated heterocycles. The predicted octanol–water partition coefficient (Wildman–Crippen LogP) is 9.26. The third-order valence-electron chi connectivity index (χ3n) is 8.36. The number of hydrogen-bond donors (Lipinski definition) is 1. The van der Waals surface area contributed by atoms with Gasteiger partial charge in [-0.1, -0.05) is 104 Å². The molecule has 43 heavy (non-hydrogen) atoms. The van der Waals surface area contributed by atoms with Crippen molar-refractivity contribution < 1.29 is 24.2 Å². The van der Waals surface area contributed by atoms with Crippen molar-refractivity contribution in [3.63, 3.8) is 0 Å². The summed E-state index contributed by atoms with van der Waals surface area (Å²) in [5.41, 5.74) is 6.07. The molecule has 5 nitrogen and oxygen atoms in total. The van der Waals surface area contributed by atoms with Crippen LogP contribution in [0.3, 0.4) is 0 Å². The van der Waals surface area contributed by atoms with Gasteiger partial charge < -0.3 is 14.6 Å². The monoisotopic (exact) mass is 576 g/mol. The fraction of sp³-hybridized carbons (Fsp3) is 0.316. The van der Waals surface area contributed by atoms with E-state index < -0.39 is 11.4 Å². The van der Waals surface area contributed by atoms with Gasteiger partial charge in [0.1, 0.15) is 29.4 Å². The Morgan fingerprint density at radius 2 is 1.44 bits per heavy atom. The normalized spacial score (nSPS) is 13.9. The summed E-state index contributed by atoms with van der Waals surface area (Å²) in [7, 11) is 0. The molecule has 0 saturated carbocycles. The number of fused-ring (bicyclic) bond motifs is 2. The summed E-state index contributed by atoms with van der Waals surface area (Å²) in [4.78, 5) is 25.5. The molecule has 5 rings (SSSR count). The first-order valence-corrected chi connectivity index (χ1v) is 14.7. The fourth-order valence-corrected chi connectivity index (χ4v) is 5.50. The molecule has 4 aromatic carbocycles. The molecule has 0 atom stereocenters. The van der Waals surface area contributed by atoms with E-state index in [4.69, 9.17) is 9.47 Å². The first-order valence-electron chi connectivity index (χ1n) is 14.7. The van der Waals surface area contributed by atoms with E-state index in [2.05, 4.69) is 73.6 Å². The van der Waals surface area contributed by atoms with Crippen LogP contribution in [0.4, 0.5) is 0 Å². The number of esters is 1. The lowest BCUT2D eigenvalue weighted by molar-refractivity contribution is 0.0469. The molecule has 0 aliphatic carbocycles. The summed E-state index contributed by atoms with van der Waals surface area (Å²) in [6.45, 7) is 17.3. The second-order valence-electron chi connectivity index (χ2n) is 14.0. The van der Waals surface area contributed by atoms with Crippen LogP contribution in [0.25, 0.3) is 11.1 Å². The smallest absolute Gasteiger partial charge is 0.342 e. The lowest BCUT2D eigenvalue weighted by atomic mass is 9.70. The number of carbonyl (C=O) groups excluding carboxylic acids is 2. The van der Waals surface area contributed by atoms with Gasteiger partial charge in [0.2, 0.25) is 0 Å². The highest BCUT2D eigenvalue weighted by Gasteiger charge is 2.40. The molecule has 0 spiro atoms. The van der Waals surface area contributed by atoms with Crippen molar-refractivity contribution in [2.24, 2.45) is 0 Å². The van der Waals surface area contributed by atoms with E-state index in [0.717, 1.165) is 38.9 Å². The molecular formula is C38H40O5. The minimum atomic E-state index is -0.543. The Labute approximate surface area is 254 Å². The van der Waals surface area contributed by atoms with E-state index in [1.165, 1.54) is 6.07 Å². The van der Waals surface area contributed by atoms with Crippen molar-refractivity contribution in [1.82, 2.24) is 0 Å². The summed E-state index contributed by atoms with van der Waals surface area (Å²) in [6.07, 6.45) is 0.647. The number of ether oxygens (including phenoxy) is 2. The van der Waals surface area contributed by atoms with Gasteiger partial charge in [-0.05, 0) is 57.3 Å². The summed E-state index contributed by atoms with van der Waals surface area (Å²) >= 11 is 0. The highest BCUT2D eigenvalue weighted by molar-refractivity contribution is 5.95. The van der Waals surface area contributed by atoms with Crippen LogP contribution >= 0.6 is 0 Å². The Kier molecular flexibility index (Phi) is 7.50. The number of carbonyl (C=O) groups is 2. The Hall–Kier alpha value is -4.38. The second kappa shape index (κ2) is 10.7. The predicted molar refractivity (Wildman–Crippen MR) is 171 cm³/mol. The number of phenols is 1. The summed E-state index contributed by atoms with van der Waals surface area (Å²) in [5, 5.41) is 10.2. The number of rotatable bonds is 5. The first kappa shape index (κ1) is 30.1. The van der Waals surface area contributed by atoms with Crippen LogP contribution in [0, 0.1) is 0 Å². The van der Waals surface area contributed by atoms with Crippen molar-refractivity contribution in [2.45, 2.75) is 78.2 Å². The van der Waals surface area contributed by atoms with E-state index >= 15 is 0 Å². The Morgan fingerprint density at radius 1 is 0.837 bits per heavy atom. The Bertz CT molecular complexity index is 1720. The SMILES string of the molecule is CC(C)(C)c1cc(C(=O)OCc2ccccc2)c2c(c1)C(C)(C)c1cc(C(C)(C)C)cc(-c3ccc(O)c(C=O)c3)c1O2. The van der Waals surface area contributed by atoms with E-state index in [9.17, 15) is 14.7 Å². The van der Waals surface area contributed by atoms with Crippen molar-refractivity contribution >= 4 is 12.3 Å². The van der Waals surface area contributed by atoms with Gasteiger partial charge in [-0.25, -0.2) is 4.79 Å². The molecule has 1 aliphatic heterocycles. The molecule has 0 radical (unpaired) electrons. The minimum Gasteiger partial charge on any atom is -0.507 e. The molecule has 1 aliphatic rings. The topological polar surface area (TPSA) is 72.8 Å². The van der Waals surface area contributed by atoms with E-state index in [-0.39, 0.29) is 28.7 Å².